The van der Waals surface area contributed by atoms with Gasteiger partial charge in [-0.2, -0.15) is 0 Å². The van der Waals surface area contributed by atoms with Crippen molar-refractivity contribution in [3.63, 3.8) is 0 Å². The normalized spacial score (nSPS) is 15.8. The Morgan fingerprint density at radius 3 is 3.00 bits per heavy atom. The van der Waals surface area contributed by atoms with Crippen LogP contribution in [0.4, 0.5) is 0 Å². The maximum atomic E-state index is 10.6. The van der Waals surface area contributed by atoms with E-state index in [2.05, 4.69) is 4.90 Å². The van der Waals surface area contributed by atoms with Crippen LogP contribution >= 0.6 is 0 Å². The van der Waals surface area contributed by atoms with Crippen molar-refractivity contribution in [2.45, 2.75) is 13.0 Å². The van der Waals surface area contributed by atoms with Gasteiger partial charge in [-0.1, -0.05) is 0 Å². The summed E-state index contributed by atoms with van der Waals surface area (Å²) in [5.74, 6) is -0.136. The summed E-state index contributed by atoms with van der Waals surface area (Å²) in [6.45, 7) is 1.67. The molecule has 0 fully saturated rings. The van der Waals surface area contributed by atoms with E-state index < -0.39 is 5.97 Å². The van der Waals surface area contributed by atoms with E-state index in [4.69, 9.17) is 9.52 Å². The van der Waals surface area contributed by atoms with Gasteiger partial charge in [-0.3, -0.25) is 4.90 Å². The van der Waals surface area contributed by atoms with Crippen LogP contribution < -0.4 is 0 Å². The van der Waals surface area contributed by atoms with Gasteiger partial charge in [0.1, 0.15) is 5.76 Å². The molecule has 4 nitrogen and oxygen atoms in total. The van der Waals surface area contributed by atoms with Crippen LogP contribution in [0.25, 0.3) is 0 Å². The fraction of sp³-hybridized carbons (Fsp3) is 0.444. The second kappa shape index (κ2) is 4.22. The molecular formula is C9H12LiNO3. The molecule has 0 bridgehead atoms. The number of hydrogen-bond donors (Lipinski definition) is 1. The standard InChI is InChI=1S/C9H11NO3.Li.H/c1-10-3-2-6-4-7(9(11)12)13-8(6)5-10;;/h4H,2-3,5H2,1H3,(H,11,12);;. The minimum absolute atomic E-state index is 0. The molecule has 14 heavy (non-hydrogen) atoms. The molecule has 0 amide bonds. The molecule has 2 heterocycles. The van der Waals surface area contributed by atoms with Crippen molar-refractivity contribution < 1.29 is 14.3 Å². The quantitative estimate of drug-likeness (QED) is 0.646. The predicted octanol–water partition coefficient (Wildman–Crippen LogP) is 0.317. The molecule has 1 aromatic rings. The number of hydrogen-bond acceptors (Lipinski definition) is 3. The SMILES string of the molecule is CN1CCc2cc(C(=O)O)oc2C1.[LiH]. The first-order valence-electron chi connectivity index (χ1n) is 4.20. The summed E-state index contributed by atoms with van der Waals surface area (Å²) in [6, 6.07) is 1.63. The number of nitrogens with zero attached hydrogens (tertiary/aromatic N) is 1. The van der Waals surface area contributed by atoms with Crippen molar-refractivity contribution >= 4 is 24.8 Å². The van der Waals surface area contributed by atoms with Crippen molar-refractivity contribution in [1.82, 2.24) is 4.90 Å². The van der Waals surface area contributed by atoms with Crippen molar-refractivity contribution in [2.24, 2.45) is 0 Å². The van der Waals surface area contributed by atoms with Gasteiger partial charge in [-0.25, -0.2) is 4.79 Å². The van der Waals surface area contributed by atoms with Gasteiger partial charge in [0.05, 0.1) is 6.54 Å². The van der Waals surface area contributed by atoms with E-state index in [1.54, 1.807) is 6.07 Å². The van der Waals surface area contributed by atoms with Crippen LogP contribution in [0.5, 0.6) is 0 Å². The fourth-order valence-electron chi connectivity index (χ4n) is 1.55. The van der Waals surface area contributed by atoms with Gasteiger partial charge in [-0.05, 0) is 25.1 Å². The topological polar surface area (TPSA) is 53.7 Å². The molecule has 0 radical (unpaired) electrons. The zero-order chi connectivity index (χ0) is 9.42. The van der Waals surface area contributed by atoms with Gasteiger partial charge < -0.3 is 9.52 Å². The molecule has 72 valence electrons. The number of likely N-dealkylation sites (N-methyl/N-ethyl adjacent to an activating group) is 1. The van der Waals surface area contributed by atoms with Gasteiger partial charge in [0.2, 0.25) is 5.76 Å². The third-order valence-corrected chi connectivity index (χ3v) is 2.28. The van der Waals surface area contributed by atoms with Gasteiger partial charge in [0.15, 0.2) is 0 Å². The minimum atomic E-state index is -0.989. The molecule has 1 aromatic heterocycles. The Morgan fingerprint density at radius 2 is 2.36 bits per heavy atom. The van der Waals surface area contributed by atoms with E-state index in [-0.39, 0.29) is 24.6 Å². The van der Waals surface area contributed by atoms with E-state index in [9.17, 15) is 4.79 Å². The summed E-state index contributed by atoms with van der Waals surface area (Å²) in [7, 11) is 1.99. The molecule has 5 heteroatoms. The fourth-order valence-corrected chi connectivity index (χ4v) is 1.55. The zero-order valence-corrected chi connectivity index (χ0v) is 7.41. The van der Waals surface area contributed by atoms with Gasteiger partial charge in [0.25, 0.3) is 0 Å². The number of carboxylic acid groups (broad SMARTS) is 1. The number of fused-ring (bicyclic) bond motifs is 1. The van der Waals surface area contributed by atoms with Gasteiger partial charge in [-0.15, -0.1) is 0 Å². The predicted molar refractivity (Wildman–Crippen MR) is 52.9 cm³/mol. The van der Waals surface area contributed by atoms with Gasteiger partial charge in [0, 0.05) is 6.54 Å². The molecule has 0 atom stereocenters. The summed E-state index contributed by atoms with van der Waals surface area (Å²) in [5, 5.41) is 8.69. The second-order valence-electron chi connectivity index (χ2n) is 3.35. The molecular weight excluding hydrogens is 177 g/mol. The first-order chi connectivity index (χ1) is 6.16. The Bertz CT molecular complexity index is 348. The van der Waals surface area contributed by atoms with E-state index in [0.29, 0.717) is 6.54 Å². The Balaban J connectivity index is 0.000000980. The first kappa shape index (κ1) is 11.4. The molecule has 0 aromatic carbocycles. The number of rotatable bonds is 1. The van der Waals surface area contributed by atoms with Crippen LogP contribution in [0.1, 0.15) is 21.9 Å². The van der Waals surface area contributed by atoms with E-state index in [1.165, 1.54) is 0 Å². The average Bonchev–Trinajstić information content (AvgIpc) is 2.46. The second-order valence-corrected chi connectivity index (χ2v) is 3.35. The molecule has 0 saturated heterocycles. The molecule has 1 N–H and O–H groups in total. The summed E-state index contributed by atoms with van der Waals surface area (Å²) in [6.07, 6.45) is 0.878. The Labute approximate surface area is 94.1 Å². The summed E-state index contributed by atoms with van der Waals surface area (Å²) >= 11 is 0. The molecule has 1 aliphatic rings. The van der Waals surface area contributed by atoms with Crippen LogP contribution in [-0.4, -0.2) is 48.4 Å². The third kappa shape index (κ3) is 2.03. The zero-order valence-electron chi connectivity index (χ0n) is 7.41. The summed E-state index contributed by atoms with van der Waals surface area (Å²) in [4.78, 5) is 12.7. The van der Waals surface area contributed by atoms with Crippen LogP contribution in [0.3, 0.4) is 0 Å². The molecule has 0 unspecified atom stereocenters. The number of aromatic carboxylic acids is 1. The first-order valence-corrected chi connectivity index (χ1v) is 4.20. The van der Waals surface area contributed by atoms with Crippen molar-refractivity contribution in [3.8, 4) is 0 Å². The van der Waals surface area contributed by atoms with Crippen molar-refractivity contribution in [3.05, 3.63) is 23.2 Å². The molecule has 1 aliphatic heterocycles. The van der Waals surface area contributed by atoms with Crippen molar-refractivity contribution in [2.75, 3.05) is 13.6 Å². The van der Waals surface area contributed by atoms with Crippen LogP contribution in [0, 0.1) is 0 Å². The molecule has 0 aliphatic carbocycles. The Hall–Kier alpha value is -0.693. The number of furan rings is 1. The van der Waals surface area contributed by atoms with E-state index >= 15 is 0 Å². The summed E-state index contributed by atoms with van der Waals surface area (Å²) in [5.41, 5.74) is 1.04. The average molecular weight is 189 g/mol. The van der Waals surface area contributed by atoms with Crippen LogP contribution in [0.2, 0.25) is 0 Å². The summed E-state index contributed by atoms with van der Waals surface area (Å²) < 4.78 is 5.20. The van der Waals surface area contributed by atoms with Crippen LogP contribution in [0.15, 0.2) is 10.5 Å². The Morgan fingerprint density at radius 1 is 1.64 bits per heavy atom. The van der Waals surface area contributed by atoms with E-state index in [0.717, 1.165) is 24.3 Å². The molecule has 2 rings (SSSR count). The van der Waals surface area contributed by atoms with Crippen LogP contribution in [-0.2, 0) is 13.0 Å². The van der Waals surface area contributed by atoms with Crippen molar-refractivity contribution in [1.29, 1.82) is 0 Å². The number of carbonyl (C=O) groups is 1. The maximum absolute atomic E-state index is 10.6. The number of carboxylic acids is 1. The van der Waals surface area contributed by atoms with E-state index in [1.807, 2.05) is 7.05 Å². The monoisotopic (exact) mass is 189 g/mol. The molecule has 0 saturated carbocycles. The Kier molecular flexibility index (Phi) is 3.43. The van der Waals surface area contributed by atoms with Gasteiger partial charge >= 0.3 is 24.8 Å². The molecule has 0 spiro atoms. The third-order valence-electron chi connectivity index (χ3n) is 2.28.